The van der Waals surface area contributed by atoms with Gasteiger partial charge in [0, 0.05) is 18.1 Å². The van der Waals surface area contributed by atoms with Gasteiger partial charge in [0.25, 0.3) is 0 Å². The molecule has 0 saturated heterocycles. The lowest BCUT2D eigenvalue weighted by atomic mass is 10.4. The third kappa shape index (κ3) is 3.63. The summed E-state index contributed by atoms with van der Waals surface area (Å²) in [4.78, 5) is 0.107. The zero-order chi connectivity index (χ0) is 14.0. The van der Waals surface area contributed by atoms with Crippen molar-refractivity contribution < 1.29 is 8.42 Å². The van der Waals surface area contributed by atoms with Crippen molar-refractivity contribution in [1.29, 1.82) is 0 Å². The number of rotatable bonds is 6. The van der Waals surface area contributed by atoms with E-state index in [1.165, 1.54) is 16.4 Å². The summed E-state index contributed by atoms with van der Waals surface area (Å²) in [5, 5.41) is 0.604. The summed E-state index contributed by atoms with van der Waals surface area (Å²) >= 11 is 11.9. The molecule has 0 atom stereocenters. The number of nitrogens with zero attached hydrogens (tertiary/aromatic N) is 1. The topological polar surface area (TPSA) is 37.4 Å². The highest BCUT2D eigenvalue weighted by Crippen LogP contribution is 2.33. The normalized spacial score (nSPS) is 16.0. The zero-order valence-corrected chi connectivity index (χ0v) is 13.1. The average Bonchev–Trinajstić information content (AvgIpc) is 3.15. The lowest BCUT2D eigenvalue weighted by Crippen LogP contribution is -2.33. The van der Waals surface area contributed by atoms with Gasteiger partial charge in [0.05, 0.1) is 5.02 Å². The third-order valence-corrected chi connectivity index (χ3v) is 5.72. The Hall–Kier alpha value is -0.290. The second-order valence-electron chi connectivity index (χ2n) is 4.88. The Kier molecular flexibility index (Phi) is 4.77. The SMILES string of the molecule is CCCN(CC1CC1)S(=O)(=O)c1cc(Cl)ccc1Cl. The minimum absolute atomic E-state index is 0.107. The predicted octanol–water partition coefficient (Wildman–Crippen LogP) is 3.80. The van der Waals surface area contributed by atoms with Crippen LogP contribution >= 0.6 is 23.2 Å². The fourth-order valence-electron chi connectivity index (χ4n) is 1.96. The lowest BCUT2D eigenvalue weighted by Gasteiger charge is -2.22. The standard InChI is InChI=1S/C13H17Cl2NO2S/c1-2-7-16(9-10-3-4-10)19(17,18)13-8-11(14)5-6-12(13)15/h5-6,8,10H,2-4,7,9H2,1H3. The Morgan fingerprint density at radius 3 is 2.58 bits per heavy atom. The van der Waals surface area contributed by atoms with E-state index in [0.717, 1.165) is 19.3 Å². The van der Waals surface area contributed by atoms with Crippen molar-refractivity contribution in [3.05, 3.63) is 28.2 Å². The van der Waals surface area contributed by atoms with Crippen molar-refractivity contribution in [2.75, 3.05) is 13.1 Å². The van der Waals surface area contributed by atoms with Gasteiger partial charge in [0.2, 0.25) is 10.0 Å². The molecule has 1 aromatic carbocycles. The second kappa shape index (κ2) is 6.00. The van der Waals surface area contributed by atoms with Crippen molar-refractivity contribution in [3.8, 4) is 0 Å². The molecule has 0 radical (unpaired) electrons. The summed E-state index contributed by atoms with van der Waals surface area (Å²) in [6.07, 6.45) is 3.00. The van der Waals surface area contributed by atoms with Crippen LogP contribution in [0.2, 0.25) is 10.0 Å². The summed E-state index contributed by atoms with van der Waals surface area (Å²) in [7, 11) is -3.55. The van der Waals surface area contributed by atoms with Crippen LogP contribution in [-0.2, 0) is 10.0 Å². The van der Waals surface area contributed by atoms with E-state index in [9.17, 15) is 8.42 Å². The molecule has 0 N–H and O–H groups in total. The van der Waals surface area contributed by atoms with Gasteiger partial charge >= 0.3 is 0 Å². The lowest BCUT2D eigenvalue weighted by molar-refractivity contribution is 0.395. The van der Waals surface area contributed by atoms with Gasteiger partial charge in [-0.1, -0.05) is 30.1 Å². The number of hydrogen-bond acceptors (Lipinski definition) is 2. The molecule has 0 amide bonds. The molecule has 0 bridgehead atoms. The second-order valence-corrected chi connectivity index (χ2v) is 7.63. The maximum Gasteiger partial charge on any atom is 0.244 e. The monoisotopic (exact) mass is 321 g/mol. The van der Waals surface area contributed by atoms with Gasteiger partial charge < -0.3 is 0 Å². The first-order valence-electron chi connectivity index (χ1n) is 6.40. The van der Waals surface area contributed by atoms with Crippen molar-refractivity contribution in [2.24, 2.45) is 5.92 Å². The largest absolute Gasteiger partial charge is 0.244 e. The first-order chi connectivity index (χ1) is 8.95. The molecule has 1 aliphatic rings. The number of sulfonamides is 1. The zero-order valence-electron chi connectivity index (χ0n) is 10.8. The van der Waals surface area contributed by atoms with Gasteiger partial charge in [-0.05, 0) is 43.4 Å². The first kappa shape index (κ1) is 15.1. The molecule has 6 heteroatoms. The van der Waals surface area contributed by atoms with Crippen LogP contribution in [-0.4, -0.2) is 25.8 Å². The van der Waals surface area contributed by atoms with Gasteiger partial charge in [-0.3, -0.25) is 0 Å². The Bertz CT molecular complexity index is 556. The highest BCUT2D eigenvalue weighted by atomic mass is 35.5. The molecule has 1 aliphatic carbocycles. The molecule has 0 heterocycles. The molecule has 3 nitrogen and oxygen atoms in total. The van der Waals surface area contributed by atoms with E-state index in [-0.39, 0.29) is 9.92 Å². The van der Waals surface area contributed by atoms with Crippen LogP contribution in [0.25, 0.3) is 0 Å². The van der Waals surface area contributed by atoms with Crippen molar-refractivity contribution in [3.63, 3.8) is 0 Å². The highest BCUT2D eigenvalue weighted by molar-refractivity contribution is 7.89. The quantitative estimate of drug-likeness (QED) is 0.799. The molecular weight excluding hydrogens is 305 g/mol. The smallest absolute Gasteiger partial charge is 0.207 e. The molecule has 106 valence electrons. The van der Waals surface area contributed by atoms with E-state index >= 15 is 0 Å². The van der Waals surface area contributed by atoms with Crippen LogP contribution in [0.4, 0.5) is 0 Å². The summed E-state index contributed by atoms with van der Waals surface area (Å²) in [6.45, 7) is 3.07. The molecule has 0 aliphatic heterocycles. The van der Waals surface area contributed by atoms with E-state index in [0.29, 0.717) is 24.0 Å². The Morgan fingerprint density at radius 1 is 1.32 bits per heavy atom. The van der Waals surface area contributed by atoms with E-state index in [2.05, 4.69) is 0 Å². The molecule has 1 aromatic rings. The summed E-state index contributed by atoms with van der Waals surface area (Å²) < 4.78 is 26.8. The van der Waals surface area contributed by atoms with Gasteiger partial charge in [0.15, 0.2) is 0 Å². The summed E-state index contributed by atoms with van der Waals surface area (Å²) in [5.41, 5.74) is 0. The molecule has 19 heavy (non-hydrogen) atoms. The fourth-order valence-corrected chi connectivity index (χ4v) is 4.31. The molecule has 0 aromatic heterocycles. The number of halogens is 2. The third-order valence-electron chi connectivity index (χ3n) is 3.14. The molecule has 0 unspecified atom stereocenters. The Balaban J connectivity index is 2.34. The van der Waals surface area contributed by atoms with Crippen LogP contribution in [0.5, 0.6) is 0 Å². The van der Waals surface area contributed by atoms with Crippen molar-refractivity contribution >= 4 is 33.2 Å². The van der Waals surface area contributed by atoms with Crippen LogP contribution in [0.1, 0.15) is 26.2 Å². The molecule has 0 spiro atoms. The fraction of sp³-hybridized carbons (Fsp3) is 0.538. The molecule has 2 rings (SSSR count). The van der Waals surface area contributed by atoms with Crippen LogP contribution in [0, 0.1) is 5.92 Å². The molecule has 1 saturated carbocycles. The van der Waals surface area contributed by atoms with Crippen LogP contribution in [0.15, 0.2) is 23.1 Å². The van der Waals surface area contributed by atoms with Crippen LogP contribution < -0.4 is 0 Å². The van der Waals surface area contributed by atoms with Crippen LogP contribution in [0.3, 0.4) is 0 Å². The predicted molar refractivity (Wildman–Crippen MR) is 78.2 cm³/mol. The summed E-state index contributed by atoms with van der Waals surface area (Å²) in [6, 6.07) is 4.54. The maximum atomic E-state index is 12.6. The van der Waals surface area contributed by atoms with Crippen molar-refractivity contribution in [2.45, 2.75) is 31.1 Å². The summed E-state index contributed by atoms with van der Waals surface area (Å²) in [5.74, 6) is 0.499. The Labute approximate surface area is 124 Å². The van der Waals surface area contributed by atoms with E-state index in [1.807, 2.05) is 6.92 Å². The van der Waals surface area contributed by atoms with E-state index in [4.69, 9.17) is 23.2 Å². The maximum absolute atomic E-state index is 12.6. The highest BCUT2D eigenvalue weighted by Gasteiger charge is 2.32. The minimum Gasteiger partial charge on any atom is -0.207 e. The first-order valence-corrected chi connectivity index (χ1v) is 8.60. The van der Waals surface area contributed by atoms with Gasteiger partial charge in [0.1, 0.15) is 4.90 Å². The van der Waals surface area contributed by atoms with E-state index in [1.54, 1.807) is 6.07 Å². The number of benzene rings is 1. The van der Waals surface area contributed by atoms with Gasteiger partial charge in [-0.25, -0.2) is 8.42 Å². The average molecular weight is 322 g/mol. The van der Waals surface area contributed by atoms with E-state index < -0.39 is 10.0 Å². The molecular formula is C13H17Cl2NO2S. The van der Waals surface area contributed by atoms with Gasteiger partial charge in [-0.2, -0.15) is 4.31 Å². The number of hydrogen-bond donors (Lipinski definition) is 0. The van der Waals surface area contributed by atoms with Crippen molar-refractivity contribution in [1.82, 2.24) is 4.31 Å². The minimum atomic E-state index is -3.55. The Morgan fingerprint density at radius 2 is 2.00 bits per heavy atom. The molecule has 1 fully saturated rings. The van der Waals surface area contributed by atoms with Gasteiger partial charge in [-0.15, -0.1) is 0 Å².